The van der Waals surface area contributed by atoms with Gasteiger partial charge in [-0.3, -0.25) is 24.5 Å². The number of carboxylic acid groups (broad SMARTS) is 1. The molecule has 14 heteroatoms. The quantitative estimate of drug-likeness (QED) is 0.104. The third-order valence-corrected chi connectivity index (χ3v) is 7.01. The number of aromatic hydroxyl groups is 2. The smallest absolute Gasteiger partial charge is 0.404 e. The van der Waals surface area contributed by atoms with Gasteiger partial charge in [0.1, 0.15) is 0 Å². The second-order valence-electron chi connectivity index (χ2n) is 9.69. The number of unbranched alkanes of at least 4 members (excludes halogenated alkanes) is 1. The van der Waals surface area contributed by atoms with E-state index in [0.29, 0.717) is 52.0 Å². The van der Waals surface area contributed by atoms with Crippen LogP contribution in [0, 0.1) is 10.1 Å². The molecule has 0 aliphatic heterocycles. The number of nitrogens with zero attached hydrogens (tertiary/aromatic N) is 4. The van der Waals surface area contributed by atoms with E-state index in [-0.39, 0.29) is 40.8 Å². The Kier molecular flexibility index (Phi) is 12.3. The fourth-order valence-electron chi connectivity index (χ4n) is 4.60. The monoisotopic (exact) mass is 589 g/mol. The molecule has 0 aromatic heterocycles. The minimum atomic E-state index is -1.14. The van der Waals surface area contributed by atoms with E-state index in [1.807, 2.05) is 0 Å². The highest BCUT2D eigenvalue weighted by Crippen LogP contribution is 2.42. The Hall–Kier alpha value is -4.62. The molecule has 4 amide bonds. The molecule has 230 valence electrons. The Morgan fingerprint density at radius 3 is 2.02 bits per heavy atom. The zero-order valence-electron chi connectivity index (χ0n) is 24.4. The van der Waals surface area contributed by atoms with E-state index in [9.17, 15) is 39.5 Å². The molecule has 14 nitrogen and oxygen atoms in total. The molecular weight excluding hydrogens is 550 g/mol. The van der Waals surface area contributed by atoms with Crippen molar-refractivity contribution >= 4 is 40.3 Å². The largest absolute Gasteiger partial charge is 0.504 e. The van der Waals surface area contributed by atoms with Crippen molar-refractivity contribution in [2.24, 2.45) is 0 Å². The number of hydrogen-bond donors (Lipinski definition) is 4. The lowest BCUT2D eigenvalue weighted by Gasteiger charge is -2.25. The fraction of sp³-hybridized carbons (Fsp3) is 0.500. The predicted molar refractivity (Wildman–Crippen MR) is 155 cm³/mol. The van der Waals surface area contributed by atoms with Crippen LogP contribution in [0.25, 0.3) is 10.8 Å². The normalized spacial score (nSPS) is 10.8. The topological polar surface area (TPSA) is 194 Å². The van der Waals surface area contributed by atoms with Crippen molar-refractivity contribution in [2.45, 2.75) is 46.5 Å². The highest BCUT2D eigenvalue weighted by molar-refractivity contribution is 6.12. The summed E-state index contributed by atoms with van der Waals surface area (Å²) in [4.78, 5) is 65.4. The number of nitro benzene ring substituents is 1. The highest BCUT2D eigenvalue weighted by Gasteiger charge is 2.29. The first-order valence-electron chi connectivity index (χ1n) is 13.8. The SMILES string of the molecule is CCN(CC)C(=O)c1cc2c([N+](=O)[O-])c(O)c(O)cc2cc1C(=O)N(CC)CCCCN(C)C(=O)CCCNC(=O)O. The molecule has 42 heavy (non-hydrogen) atoms. The van der Waals surface area contributed by atoms with Gasteiger partial charge in [0.2, 0.25) is 11.7 Å². The van der Waals surface area contributed by atoms with E-state index >= 15 is 0 Å². The van der Waals surface area contributed by atoms with Gasteiger partial charge in [-0.1, -0.05) is 0 Å². The number of phenols is 2. The van der Waals surface area contributed by atoms with Crippen molar-refractivity contribution < 1.29 is 39.4 Å². The van der Waals surface area contributed by atoms with Crippen LogP contribution in [0.15, 0.2) is 18.2 Å². The zero-order valence-corrected chi connectivity index (χ0v) is 24.4. The third-order valence-electron chi connectivity index (χ3n) is 7.01. The van der Waals surface area contributed by atoms with Gasteiger partial charge in [0.05, 0.1) is 21.4 Å². The van der Waals surface area contributed by atoms with Crippen LogP contribution in [0.4, 0.5) is 10.5 Å². The van der Waals surface area contributed by atoms with E-state index in [1.54, 1.807) is 32.7 Å². The molecular formula is C28H39N5O9. The van der Waals surface area contributed by atoms with Gasteiger partial charge < -0.3 is 35.3 Å². The van der Waals surface area contributed by atoms with Gasteiger partial charge in [-0.25, -0.2) is 4.79 Å². The van der Waals surface area contributed by atoms with E-state index in [2.05, 4.69) is 5.32 Å². The van der Waals surface area contributed by atoms with Crippen LogP contribution in [0.1, 0.15) is 67.2 Å². The number of rotatable bonds is 15. The first kappa shape index (κ1) is 33.6. The molecule has 0 aliphatic rings. The lowest BCUT2D eigenvalue weighted by molar-refractivity contribution is -0.384. The number of amides is 4. The standard InChI is InChI=1S/C28H39N5O9/c1-5-31(6-2)26(37)21-17-19-18(16-22(34)25(36)24(19)33(41)42)15-20(21)27(38)32(7-3)14-9-8-13-30(4)23(35)11-10-12-29-28(39)40/h15-17,29,34,36H,5-14H2,1-4H3,(H,39,40). The Morgan fingerprint density at radius 2 is 1.45 bits per heavy atom. The van der Waals surface area contributed by atoms with Crippen molar-refractivity contribution in [3.63, 3.8) is 0 Å². The van der Waals surface area contributed by atoms with Gasteiger partial charge in [0.25, 0.3) is 11.8 Å². The zero-order chi connectivity index (χ0) is 31.6. The Balaban J connectivity index is 2.28. The minimum absolute atomic E-state index is 0.0166. The van der Waals surface area contributed by atoms with Crippen LogP contribution in [0.3, 0.4) is 0 Å². The molecule has 0 aliphatic carbocycles. The van der Waals surface area contributed by atoms with Crippen molar-refractivity contribution in [1.29, 1.82) is 0 Å². The third kappa shape index (κ3) is 8.21. The second-order valence-corrected chi connectivity index (χ2v) is 9.69. The Labute approximate surface area is 243 Å². The molecule has 4 N–H and O–H groups in total. The summed E-state index contributed by atoms with van der Waals surface area (Å²) < 4.78 is 0. The Morgan fingerprint density at radius 1 is 0.881 bits per heavy atom. The fourth-order valence-corrected chi connectivity index (χ4v) is 4.60. The lowest BCUT2D eigenvalue weighted by atomic mass is 9.97. The number of nitro groups is 1. The summed E-state index contributed by atoms with van der Waals surface area (Å²) in [6, 6.07) is 3.66. The van der Waals surface area contributed by atoms with Crippen LogP contribution in [0.5, 0.6) is 11.5 Å². The molecule has 0 unspecified atom stereocenters. The molecule has 0 bridgehead atoms. The van der Waals surface area contributed by atoms with Crippen LogP contribution >= 0.6 is 0 Å². The van der Waals surface area contributed by atoms with Gasteiger partial charge in [-0.15, -0.1) is 0 Å². The highest BCUT2D eigenvalue weighted by atomic mass is 16.6. The summed E-state index contributed by atoms with van der Waals surface area (Å²) in [7, 11) is 1.66. The van der Waals surface area contributed by atoms with Crippen LogP contribution in [-0.4, -0.2) is 105 Å². The molecule has 2 aromatic rings. The molecule has 0 saturated carbocycles. The van der Waals surface area contributed by atoms with Crippen LogP contribution in [-0.2, 0) is 4.79 Å². The summed E-state index contributed by atoms with van der Waals surface area (Å²) in [5.74, 6) is -2.74. The van der Waals surface area contributed by atoms with E-state index in [1.165, 1.54) is 21.9 Å². The molecule has 0 radical (unpaired) electrons. The molecule has 0 heterocycles. The summed E-state index contributed by atoms with van der Waals surface area (Å²) in [6.07, 6.45) is 0.575. The van der Waals surface area contributed by atoms with E-state index in [0.717, 1.165) is 6.07 Å². The summed E-state index contributed by atoms with van der Waals surface area (Å²) in [5, 5.41) is 42.8. The van der Waals surface area contributed by atoms with Crippen LogP contribution in [0.2, 0.25) is 0 Å². The summed E-state index contributed by atoms with van der Waals surface area (Å²) in [6.45, 7) is 7.23. The number of nitrogens with one attached hydrogen (secondary N) is 1. The van der Waals surface area contributed by atoms with Gasteiger partial charge in [-0.05, 0) is 63.6 Å². The number of phenolic OH excluding ortho intramolecular Hbond substituents is 2. The molecule has 2 aromatic carbocycles. The average molecular weight is 590 g/mol. The maximum absolute atomic E-state index is 13.7. The Bertz CT molecular complexity index is 1330. The molecule has 0 spiro atoms. The molecule has 0 fully saturated rings. The first-order chi connectivity index (χ1) is 19.9. The summed E-state index contributed by atoms with van der Waals surface area (Å²) in [5.41, 5.74) is -0.796. The first-order valence-corrected chi connectivity index (χ1v) is 13.8. The van der Waals surface area contributed by atoms with E-state index < -0.39 is 40.0 Å². The molecule has 0 atom stereocenters. The van der Waals surface area contributed by atoms with Crippen LogP contribution < -0.4 is 5.32 Å². The van der Waals surface area contributed by atoms with Crippen molar-refractivity contribution in [3.05, 3.63) is 39.4 Å². The number of carbonyl (C=O) groups is 4. The summed E-state index contributed by atoms with van der Waals surface area (Å²) >= 11 is 0. The van der Waals surface area contributed by atoms with Crippen molar-refractivity contribution in [3.8, 4) is 11.5 Å². The number of benzene rings is 2. The number of hydrogen-bond acceptors (Lipinski definition) is 8. The maximum Gasteiger partial charge on any atom is 0.404 e. The van der Waals surface area contributed by atoms with Crippen molar-refractivity contribution in [1.82, 2.24) is 20.0 Å². The van der Waals surface area contributed by atoms with Gasteiger partial charge in [0, 0.05) is 52.7 Å². The number of fused-ring (bicyclic) bond motifs is 1. The van der Waals surface area contributed by atoms with Crippen molar-refractivity contribution in [2.75, 3.05) is 46.3 Å². The number of carbonyl (C=O) groups excluding carboxylic acids is 3. The average Bonchev–Trinajstić information content (AvgIpc) is 2.95. The van der Waals surface area contributed by atoms with Gasteiger partial charge >= 0.3 is 11.8 Å². The van der Waals surface area contributed by atoms with E-state index in [4.69, 9.17) is 5.11 Å². The molecule has 0 saturated heterocycles. The molecule has 2 rings (SSSR count). The second kappa shape index (κ2) is 15.4. The predicted octanol–water partition coefficient (Wildman–Crippen LogP) is 3.39. The maximum atomic E-state index is 13.7. The van der Waals surface area contributed by atoms with Gasteiger partial charge in [0.15, 0.2) is 5.75 Å². The van der Waals surface area contributed by atoms with Gasteiger partial charge in [-0.2, -0.15) is 0 Å². The minimum Gasteiger partial charge on any atom is -0.504 e. The lowest BCUT2D eigenvalue weighted by Crippen LogP contribution is -2.36.